The Kier molecular flexibility index (Phi) is 3.76. The fraction of sp³-hybridized carbons (Fsp3) is 0.562. The van der Waals surface area contributed by atoms with Crippen molar-refractivity contribution < 1.29 is 5.11 Å². The van der Waals surface area contributed by atoms with Gasteiger partial charge in [-0.25, -0.2) is 4.98 Å². The number of pyridine rings is 1. The largest absolute Gasteiger partial charge is 0.392 e. The fourth-order valence-corrected chi connectivity index (χ4v) is 2.87. The molecule has 0 unspecified atom stereocenters. The van der Waals surface area contributed by atoms with Crippen LogP contribution in [0.2, 0.25) is 0 Å². The van der Waals surface area contributed by atoms with Crippen LogP contribution in [0, 0.1) is 0 Å². The molecular weight excluding hydrogens is 250 g/mol. The van der Waals surface area contributed by atoms with Crippen molar-refractivity contribution in [1.82, 2.24) is 14.7 Å². The molecule has 20 heavy (non-hydrogen) atoms. The Morgan fingerprint density at radius 1 is 1.35 bits per heavy atom. The summed E-state index contributed by atoms with van der Waals surface area (Å²) in [6.45, 7) is 5.12. The lowest BCUT2D eigenvalue weighted by Gasteiger charge is -2.16. The number of nitrogens with zero attached hydrogens (tertiary/aromatic N) is 2. The predicted octanol–water partition coefficient (Wildman–Crippen LogP) is 2.46. The van der Waals surface area contributed by atoms with E-state index in [4.69, 9.17) is 0 Å². The highest BCUT2D eigenvalue weighted by atomic mass is 16.3. The molecule has 108 valence electrons. The Bertz CT molecular complexity index is 590. The summed E-state index contributed by atoms with van der Waals surface area (Å²) in [5.41, 5.74) is 3.35. The van der Waals surface area contributed by atoms with Crippen molar-refractivity contribution in [3.05, 3.63) is 35.8 Å². The number of imidazole rings is 1. The third kappa shape index (κ3) is 2.72. The van der Waals surface area contributed by atoms with Crippen LogP contribution in [0.1, 0.15) is 50.3 Å². The number of aromatic nitrogens is 2. The van der Waals surface area contributed by atoms with E-state index >= 15 is 0 Å². The lowest BCUT2D eigenvalue weighted by molar-refractivity contribution is 0.148. The second-order valence-electron chi connectivity index (χ2n) is 6.11. The molecule has 0 saturated heterocycles. The maximum Gasteiger partial charge on any atom is 0.137 e. The molecule has 1 fully saturated rings. The van der Waals surface area contributed by atoms with Crippen molar-refractivity contribution >= 4 is 5.65 Å². The van der Waals surface area contributed by atoms with Crippen molar-refractivity contribution in [2.45, 2.75) is 57.7 Å². The highest BCUT2D eigenvalue weighted by Crippen LogP contribution is 2.19. The summed E-state index contributed by atoms with van der Waals surface area (Å²) in [5.74, 6) is 0.449. The van der Waals surface area contributed by atoms with Crippen LogP contribution >= 0.6 is 0 Å². The van der Waals surface area contributed by atoms with Crippen LogP contribution in [0.25, 0.3) is 5.65 Å². The maximum absolute atomic E-state index is 9.83. The molecule has 0 spiro atoms. The van der Waals surface area contributed by atoms with Crippen LogP contribution in [0.3, 0.4) is 0 Å². The van der Waals surface area contributed by atoms with E-state index < -0.39 is 0 Å². The molecule has 0 bridgehead atoms. The molecule has 4 nitrogen and oxygen atoms in total. The molecule has 4 heteroatoms. The molecule has 1 saturated carbocycles. The van der Waals surface area contributed by atoms with E-state index in [1.165, 1.54) is 5.56 Å². The van der Waals surface area contributed by atoms with Gasteiger partial charge in [0.2, 0.25) is 0 Å². The number of aliphatic hydroxyl groups excluding tert-OH is 1. The Morgan fingerprint density at radius 3 is 2.90 bits per heavy atom. The summed E-state index contributed by atoms with van der Waals surface area (Å²) in [6.07, 6.45) is 7.18. The van der Waals surface area contributed by atoms with Crippen LogP contribution in [-0.4, -0.2) is 26.6 Å². The molecule has 0 aromatic carbocycles. The number of fused-ring (bicyclic) bond motifs is 1. The fourth-order valence-electron chi connectivity index (χ4n) is 2.87. The van der Waals surface area contributed by atoms with Crippen LogP contribution in [0.5, 0.6) is 0 Å². The van der Waals surface area contributed by atoms with Gasteiger partial charge < -0.3 is 14.8 Å². The first-order valence-corrected chi connectivity index (χ1v) is 7.52. The molecule has 2 N–H and O–H groups in total. The predicted molar refractivity (Wildman–Crippen MR) is 79.8 cm³/mol. The van der Waals surface area contributed by atoms with Crippen LogP contribution in [-0.2, 0) is 6.54 Å². The molecule has 2 heterocycles. The normalized spacial score (nSPS) is 23.0. The van der Waals surface area contributed by atoms with Crippen molar-refractivity contribution in [1.29, 1.82) is 0 Å². The number of nitrogens with one attached hydrogen (secondary N) is 1. The van der Waals surface area contributed by atoms with Gasteiger partial charge in [-0.2, -0.15) is 0 Å². The highest BCUT2D eigenvalue weighted by molar-refractivity contribution is 5.41. The maximum atomic E-state index is 9.83. The van der Waals surface area contributed by atoms with Gasteiger partial charge in [-0.3, -0.25) is 0 Å². The zero-order valence-corrected chi connectivity index (χ0v) is 12.2. The van der Waals surface area contributed by atoms with Crippen LogP contribution in [0.4, 0.5) is 0 Å². The van der Waals surface area contributed by atoms with Gasteiger partial charge in [0.25, 0.3) is 0 Å². The quantitative estimate of drug-likeness (QED) is 0.899. The summed E-state index contributed by atoms with van der Waals surface area (Å²) in [4.78, 5) is 4.61. The van der Waals surface area contributed by atoms with Gasteiger partial charge in [0, 0.05) is 25.0 Å². The van der Waals surface area contributed by atoms with Gasteiger partial charge in [-0.05, 0) is 36.8 Å². The Hall–Kier alpha value is -1.39. The van der Waals surface area contributed by atoms with Crippen LogP contribution < -0.4 is 5.32 Å². The van der Waals surface area contributed by atoms with E-state index in [-0.39, 0.29) is 12.1 Å². The third-order valence-electron chi connectivity index (χ3n) is 4.17. The molecule has 1 aliphatic carbocycles. The minimum Gasteiger partial charge on any atom is -0.392 e. The third-order valence-corrected chi connectivity index (χ3v) is 4.17. The topological polar surface area (TPSA) is 49.6 Å². The number of hydrogen-bond donors (Lipinski definition) is 2. The molecule has 1 aliphatic rings. The zero-order chi connectivity index (χ0) is 14.1. The minimum atomic E-state index is -0.181. The summed E-state index contributed by atoms with van der Waals surface area (Å²) in [6, 6.07) is 4.43. The Balaban J connectivity index is 1.72. The smallest absolute Gasteiger partial charge is 0.137 e. The summed E-state index contributed by atoms with van der Waals surface area (Å²) in [7, 11) is 0. The average molecular weight is 273 g/mol. The van der Waals surface area contributed by atoms with Gasteiger partial charge in [0.15, 0.2) is 0 Å². The monoisotopic (exact) mass is 273 g/mol. The van der Waals surface area contributed by atoms with Gasteiger partial charge in [0.1, 0.15) is 5.65 Å². The van der Waals surface area contributed by atoms with E-state index in [2.05, 4.69) is 53.1 Å². The number of aliphatic hydroxyl groups is 1. The van der Waals surface area contributed by atoms with Crippen LogP contribution in [0.15, 0.2) is 24.5 Å². The summed E-state index contributed by atoms with van der Waals surface area (Å²) in [5, 5.41) is 13.3. The van der Waals surface area contributed by atoms with Gasteiger partial charge >= 0.3 is 0 Å². The first kappa shape index (κ1) is 13.6. The Morgan fingerprint density at radius 2 is 2.20 bits per heavy atom. The lowest BCUT2D eigenvalue weighted by atomic mass is 10.2. The van der Waals surface area contributed by atoms with E-state index in [0.29, 0.717) is 5.92 Å². The van der Waals surface area contributed by atoms with E-state index in [1.807, 2.05) is 0 Å². The summed E-state index contributed by atoms with van der Waals surface area (Å²) < 4.78 is 2.09. The number of rotatable bonds is 4. The van der Waals surface area contributed by atoms with Crippen molar-refractivity contribution in [3.63, 3.8) is 0 Å². The van der Waals surface area contributed by atoms with Crippen molar-refractivity contribution in [2.75, 3.05) is 0 Å². The lowest BCUT2D eigenvalue weighted by Crippen LogP contribution is -2.35. The van der Waals surface area contributed by atoms with E-state index in [0.717, 1.165) is 37.1 Å². The molecule has 0 radical (unpaired) electrons. The molecule has 2 aromatic rings. The molecule has 2 atom stereocenters. The van der Waals surface area contributed by atoms with E-state index in [1.54, 1.807) is 0 Å². The Labute approximate surface area is 119 Å². The second-order valence-corrected chi connectivity index (χ2v) is 6.11. The molecule has 3 rings (SSSR count). The second kappa shape index (κ2) is 5.54. The number of hydrogen-bond acceptors (Lipinski definition) is 3. The van der Waals surface area contributed by atoms with E-state index in [9.17, 15) is 5.11 Å². The zero-order valence-electron chi connectivity index (χ0n) is 12.2. The highest BCUT2D eigenvalue weighted by Gasteiger charge is 2.24. The first-order valence-electron chi connectivity index (χ1n) is 7.52. The van der Waals surface area contributed by atoms with Gasteiger partial charge in [-0.1, -0.05) is 19.9 Å². The summed E-state index contributed by atoms with van der Waals surface area (Å²) >= 11 is 0. The van der Waals surface area contributed by atoms with Crippen molar-refractivity contribution in [3.8, 4) is 0 Å². The van der Waals surface area contributed by atoms with Gasteiger partial charge in [0.05, 0.1) is 11.8 Å². The SMILES string of the molecule is CC(C)c1cn2cc(CN[C@H]3CCC[C@H]3O)ccc2n1. The minimum absolute atomic E-state index is 0.181. The molecule has 2 aromatic heterocycles. The molecular formula is C16H23N3O. The first-order chi connectivity index (χ1) is 9.63. The van der Waals surface area contributed by atoms with Crippen molar-refractivity contribution in [2.24, 2.45) is 0 Å². The standard InChI is InChI=1S/C16H23N3O/c1-11(2)14-10-19-9-12(6-7-16(19)18-14)8-17-13-4-3-5-15(13)20/h6-7,9-11,13,15,17,20H,3-5,8H2,1-2H3/t13-,15+/m0/s1. The average Bonchev–Trinajstić information content (AvgIpc) is 3.01. The molecule has 0 amide bonds. The van der Waals surface area contributed by atoms with Gasteiger partial charge in [-0.15, -0.1) is 0 Å². The molecule has 0 aliphatic heterocycles.